The molecule has 1 saturated heterocycles. The highest BCUT2D eigenvalue weighted by atomic mass is 32.2. The van der Waals surface area contributed by atoms with Gasteiger partial charge in [0.15, 0.2) is 5.17 Å². The smallest absolute Gasteiger partial charge is 0.335 e. The van der Waals surface area contributed by atoms with Crippen molar-refractivity contribution in [3.63, 3.8) is 0 Å². The second-order valence-electron chi connectivity index (χ2n) is 7.40. The molecule has 6 nitrogen and oxygen atoms in total. The summed E-state index contributed by atoms with van der Waals surface area (Å²) in [5.74, 6) is -0.0711. The van der Waals surface area contributed by atoms with Crippen LogP contribution in [0.4, 0.5) is 11.4 Å². The van der Waals surface area contributed by atoms with Crippen LogP contribution in [0.2, 0.25) is 0 Å². The Hall–Kier alpha value is -4.36. The van der Waals surface area contributed by atoms with Crippen LogP contribution in [0.1, 0.15) is 16.1 Å². The van der Waals surface area contributed by atoms with Crippen LogP contribution in [0, 0.1) is 0 Å². The van der Waals surface area contributed by atoms with Gasteiger partial charge in [-0.25, -0.2) is 9.79 Å². The molecule has 5 rings (SSSR count). The molecular weight excluding hydrogens is 448 g/mol. The van der Waals surface area contributed by atoms with E-state index in [4.69, 9.17) is 14.5 Å². The lowest BCUT2D eigenvalue weighted by Crippen LogP contribution is -2.28. The molecule has 34 heavy (non-hydrogen) atoms. The molecule has 0 aliphatic carbocycles. The van der Waals surface area contributed by atoms with E-state index in [0.29, 0.717) is 21.6 Å². The molecule has 1 amide bonds. The average molecular weight is 467 g/mol. The Balaban J connectivity index is 1.47. The summed E-state index contributed by atoms with van der Waals surface area (Å²) >= 11 is 1.28. The minimum atomic E-state index is -0.982. The van der Waals surface area contributed by atoms with Crippen LogP contribution in [0.3, 0.4) is 0 Å². The molecule has 3 aromatic carbocycles. The molecule has 0 bridgehead atoms. The Bertz CT molecular complexity index is 1410. The third kappa shape index (κ3) is 4.42. The first kappa shape index (κ1) is 21.5. The van der Waals surface area contributed by atoms with E-state index >= 15 is 0 Å². The standard InChI is InChI=1S/C27H18N2O4S/c30-25-24(17-22-15-16-23(33-22)18-11-13-19(14-12-18)26(31)32)34-27(28-20-7-3-1-4-8-20)29(25)21-9-5-2-6-10-21/h1-17H,(H,31,32)/b24-17-,28-27?. The van der Waals surface area contributed by atoms with Crippen molar-refractivity contribution in [3.8, 4) is 11.3 Å². The maximum atomic E-state index is 13.3. The lowest BCUT2D eigenvalue weighted by Gasteiger charge is -2.15. The number of carbonyl (C=O) groups excluding carboxylic acids is 1. The molecule has 1 aromatic heterocycles. The molecule has 0 atom stereocenters. The van der Waals surface area contributed by atoms with Gasteiger partial charge in [0, 0.05) is 11.6 Å². The summed E-state index contributed by atoms with van der Waals surface area (Å²) in [6, 6.07) is 28.9. The number of nitrogens with zero attached hydrogens (tertiary/aromatic N) is 2. The zero-order valence-corrected chi connectivity index (χ0v) is 18.6. The number of carbonyl (C=O) groups is 2. The number of thioether (sulfide) groups is 1. The van der Waals surface area contributed by atoms with Crippen molar-refractivity contribution in [3.05, 3.63) is 113 Å². The summed E-state index contributed by atoms with van der Waals surface area (Å²) in [5, 5.41) is 9.63. The number of anilines is 1. The van der Waals surface area contributed by atoms with Crippen LogP contribution in [-0.2, 0) is 4.79 Å². The molecule has 0 saturated carbocycles. The fraction of sp³-hybridized carbons (Fsp3) is 0. The number of amidine groups is 1. The van der Waals surface area contributed by atoms with Gasteiger partial charge >= 0.3 is 5.97 Å². The van der Waals surface area contributed by atoms with E-state index < -0.39 is 5.97 Å². The number of hydrogen-bond acceptors (Lipinski definition) is 5. The summed E-state index contributed by atoms with van der Waals surface area (Å²) < 4.78 is 5.93. The van der Waals surface area contributed by atoms with E-state index in [-0.39, 0.29) is 11.5 Å². The predicted molar refractivity (Wildman–Crippen MR) is 134 cm³/mol. The van der Waals surface area contributed by atoms with Gasteiger partial charge in [-0.15, -0.1) is 0 Å². The van der Waals surface area contributed by atoms with Crippen LogP contribution in [0.5, 0.6) is 0 Å². The van der Waals surface area contributed by atoms with Crippen LogP contribution in [0.25, 0.3) is 17.4 Å². The predicted octanol–water partition coefficient (Wildman–Crippen LogP) is 6.45. The number of carboxylic acids is 1. The Labute approximate surface area is 199 Å². The average Bonchev–Trinajstić information content (AvgIpc) is 3.45. The van der Waals surface area contributed by atoms with Gasteiger partial charge in [-0.3, -0.25) is 9.69 Å². The van der Waals surface area contributed by atoms with Gasteiger partial charge < -0.3 is 9.52 Å². The number of amides is 1. The molecule has 2 heterocycles. The van der Waals surface area contributed by atoms with Crippen molar-refractivity contribution in [2.24, 2.45) is 4.99 Å². The monoisotopic (exact) mass is 466 g/mol. The van der Waals surface area contributed by atoms with Crippen molar-refractivity contribution >= 4 is 46.3 Å². The highest BCUT2D eigenvalue weighted by Crippen LogP contribution is 2.37. The zero-order chi connectivity index (χ0) is 23.5. The summed E-state index contributed by atoms with van der Waals surface area (Å²) in [4.78, 5) is 31.2. The minimum absolute atomic E-state index is 0.186. The number of benzene rings is 3. The normalized spacial score (nSPS) is 15.9. The Morgan fingerprint density at radius 1 is 0.882 bits per heavy atom. The van der Waals surface area contributed by atoms with Crippen molar-refractivity contribution < 1.29 is 19.1 Å². The number of rotatable bonds is 5. The van der Waals surface area contributed by atoms with E-state index in [1.54, 1.807) is 35.2 Å². The van der Waals surface area contributed by atoms with E-state index in [0.717, 1.165) is 16.9 Å². The lowest BCUT2D eigenvalue weighted by molar-refractivity contribution is -0.113. The summed E-state index contributed by atoms with van der Waals surface area (Å²) in [6.45, 7) is 0. The van der Waals surface area contributed by atoms with Gasteiger partial charge in [-0.2, -0.15) is 0 Å². The van der Waals surface area contributed by atoms with Gasteiger partial charge in [0.05, 0.1) is 21.8 Å². The highest BCUT2D eigenvalue weighted by molar-refractivity contribution is 8.19. The molecule has 166 valence electrons. The van der Waals surface area contributed by atoms with Crippen molar-refractivity contribution in [2.45, 2.75) is 0 Å². The molecule has 1 N–H and O–H groups in total. The van der Waals surface area contributed by atoms with E-state index in [2.05, 4.69) is 0 Å². The molecule has 1 aliphatic heterocycles. The van der Waals surface area contributed by atoms with Crippen LogP contribution < -0.4 is 4.90 Å². The number of carboxylic acid groups (broad SMARTS) is 1. The minimum Gasteiger partial charge on any atom is -0.478 e. The Morgan fingerprint density at radius 3 is 2.24 bits per heavy atom. The fourth-order valence-corrected chi connectivity index (χ4v) is 4.44. The first-order chi connectivity index (χ1) is 16.6. The fourth-order valence-electron chi connectivity index (χ4n) is 3.46. The topological polar surface area (TPSA) is 83.1 Å². The van der Waals surface area contributed by atoms with E-state index in [1.807, 2.05) is 60.7 Å². The Morgan fingerprint density at radius 2 is 1.56 bits per heavy atom. The summed E-state index contributed by atoms with van der Waals surface area (Å²) in [7, 11) is 0. The molecule has 0 spiro atoms. The van der Waals surface area contributed by atoms with E-state index in [1.165, 1.54) is 23.9 Å². The lowest BCUT2D eigenvalue weighted by atomic mass is 10.1. The maximum absolute atomic E-state index is 13.3. The van der Waals surface area contributed by atoms with Crippen LogP contribution in [-0.4, -0.2) is 22.2 Å². The first-order valence-electron chi connectivity index (χ1n) is 10.4. The van der Waals surface area contributed by atoms with Crippen molar-refractivity contribution in [1.29, 1.82) is 0 Å². The van der Waals surface area contributed by atoms with Gasteiger partial charge in [-0.05, 0) is 60.3 Å². The number of aromatic carboxylic acids is 1. The van der Waals surface area contributed by atoms with Gasteiger partial charge in [0.1, 0.15) is 11.5 Å². The second kappa shape index (κ2) is 9.25. The van der Waals surface area contributed by atoms with Crippen LogP contribution >= 0.6 is 11.8 Å². The van der Waals surface area contributed by atoms with Gasteiger partial charge in [0.2, 0.25) is 0 Å². The molecule has 0 unspecified atom stereocenters. The van der Waals surface area contributed by atoms with Crippen molar-refractivity contribution in [1.82, 2.24) is 0 Å². The summed E-state index contributed by atoms with van der Waals surface area (Å²) in [5.41, 5.74) is 2.44. The number of hydrogen-bond donors (Lipinski definition) is 1. The number of para-hydroxylation sites is 2. The molecule has 0 radical (unpaired) electrons. The first-order valence-corrected chi connectivity index (χ1v) is 11.3. The quantitative estimate of drug-likeness (QED) is 0.342. The third-order valence-corrected chi connectivity index (χ3v) is 6.09. The second-order valence-corrected chi connectivity index (χ2v) is 8.41. The number of aliphatic imine (C=N–C) groups is 1. The van der Waals surface area contributed by atoms with Gasteiger partial charge in [0.25, 0.3) is 5.91 Å². The molecule has 1 fully saturated rings. The maximum Gasteiger partial charge on any atom is 0.335 e. The highest BCUT2D eigenvalue weighted by Gasteiger charge is 2.35. The number of furan rings is 1. The molecule has 1 aliphatic rings. The largest absolute Gasteiger partial charge is 0.478 e. The van der Waals surface area contributed by atoms with E-state index in [9.17, 15) is 9.59 Å². The SMILES string of the molecule is O=C(O)c1ccc(-c2ccc(/C=C3\SC(=Nc4ccccc4)N(c4ccccc4)C3=O)o2)cc1. The van der Waals surface area contributed by atoms with Gasteiger partial charge in [-0.1, -0.05) is 48.5 Å². The molecule has 4 aromatic rings. The summed E-state index contributed by atoms with van der Waals surface area (Å²) in [6.07, 6.45) is 1.70. The zero-order valence-electron chi connectivity index (χ0n) is 17.8. The van der Waals surface area contributed by atoms with Crippen molar-refractivity contribution in [2.75, 3.05) is 4.90 Å². The Kier molecular flexibility index (Phi) is 5.84. The molecule has 7 heteroatoms. The molecular formula is C27H18N2O4S. The third-order valence-electron chi connectivity index (χ3n) is 5.12. The van der Waals surface area contributed by atoms with Crippen LogP contribution in [0.15, 0.2) is 111 Å².